The molecule has 0 saturated carbocycles. The minimum atomic E-state index is -4.59. The van der Waals surface area contributed by atoms with Gasteiger partial charge in [-0.05, 0) is 60.7 Å². The molecule has 0 saturated heterocycles. The zero-order chi connectivity index (χ0) is 23.8. The second kappa shape index (κ2) is 11.0. The van der Waals surface area contributed by atoms with E-state index < -0.39 is 11.7 Å². The highest BCUT2D eigenvalue weighted by Crippen LogP contribution is 2.35. The average Bonchev–Trinajstić information content (AvgIpc) is 2.77. The van der Waals surface area contributed by atoms with E-state index in [4.69, 9.17) is 4.74 Å². The van der Waals surface area contributed by atoms with E-state index in [-0.39, 0.29) is 11.8 Å². The molecule has 0 radical (unpaired) electrons. The van der Waals surface area contributed by atoms with Crippen LogP contribution in [-0.4, -0.2) is 16.6 Å². The summed E-state index contributed by atoms with van der Waals surface area (Å²) in [7, 11) is 0. The third-order valence-electron chi connectivity index (χ3n) is 4.82. The van der Waals surface area contributed by atoms with Crippen molar-refractivity contribution in [3.05, 3.63) is 65.9 Å². The Morgan fingerprint density at radius 3 is 2.18 bits per heavy atom. The molecule has 0 bridgehead atoms. The molecule has 5 nitrogen and oxygen atoms in total. The van der Waals surface area contributed by atoms with E-state index >= 15 is 0 Å². The van der Waals surface area contributed by atoms with Crippen LogP contribution in [0.15, 0.2) is 54.7 Å². The number of aromatic nitrogens is 2. The zero-order valence-corrected chi connectivity index (χ0v) is 19.0. The molecule has 33 heavy (non-hydrogen) atoms. The summed E-state index contributed by atoms with van der Waals surface area (Å²) in [6.45, 7) is 6.84. The molecule has 0 aliphatic heterocycles. The van der Waals surface area contributed by atoms with Crippen molar-refractivity contribution in [3.8, 4) is 5.75 Å². The number of halogens is 3. The zero-order valence-electron chi connectivity index (χ0n) is 19.0. The van der Waals surface area contributed by atoms with Gasteiger partial charge in [-0.2, -0.15) is 18.2 Å². The fourth-order valence-electron chi connectivity index (χ4n) is 3.04. The maximum absolute atomic E-state index is 13.5. The normalized spacial score (nSPS) is 11.5. The van der Waals surface area contributed by atoms with Crippen molar-refractivity contribution in [1.82, 2.24) is 9.97 Å². The highest BCUT2D eigenvalue weighted by atomic mass is 19.4. The fourth-order valence-corrected chi connectivity index (χ4v) is 3.04. The Morgan fingerprint density at radius 1 is 0.939 bits per heavy atom. The summed E-state index contributed by atoms with van der Waals surface area (Å²) in [5.41, 5.74) is 1.37. The highest BCUT2D eigenvalue weighted by Gasteiger charge is 2.35. The van der Waals surface area contributed by atoms with Crippen LogP contribution in [0.2, 0.25) is 0 Å². The molecule has 0 unspecified atom stereocenters. The average molecular weight is 459 g/mol. The summed E-state index contributed by atoms with van der Waals surface area (Å²) in [4.78, 5) is 7.96. The first-order valence-electron chi connectivity index (χ1n) is 11.0. The number of nitrogens with one attached hydrogen (secondary N) is 2. The SMILES string of the molecule is CCCCc1ccc(Nc2nc(Nc3ccc(OCC(C)C)cc3)ncc2C(F)(F)F)cc1. The summed E-state index contributed by atoms with van der Waals surface area (Å²) >= 11 is 0. The molecule has 0 aliphatic rings. The number of benzene rings is 2. The van der Waals surface area contributed by atoms with Gasteiger partial charge in [0.05, 0.1) is 6.61 Å². The molecule has 2 N–H and O–H groups in total. The molecule has 1 heterocycles. The Balaban J connectivity index is 1.77. The minimum absolute atomic E-state index is 0.0564. The second-order valence-electron chi connectivity index (χ2n) is 8.23. The van der Waals surface area contributed by atoms with Crippen LogP contribution in [0.25, 0.3) is 0 Å². The summed E-state index contributed by atoms with van der Waals surface area (Å²) in [5.74, 6) is 0.869. The molecular weight excluding hydrogens is 429 g/mol. The van der Waals surface area contributed by atoms with Gasteiger partial charge in [-0.1, -0.05) is 39.3 Å². The van der Waals surface area contributed by atoms with Gasteiger partial charge in [0, 0.05) is 17.6 Å². The third kappa shape index (κ3) is 7.37. The largest absolute Gasteiger partial charge is 0.493 e. The predicted molar refractivity (Wildman–Crippen MR) is 125 cm³/mol. The number of hydrogen-bond acceptors (Lipinski definition) is 5. The number of anilines is 4. The number of nitrogens with zero attached hydrogens (tertiary/aromatic N) is 2. The molecule has 1 aromatic heterocycles. The molecule has 3 aromatic rings. The van der Waals surface area contributed by atoms with Crippen LogP contribution in [0.5, 0.6) is 5.75 Å². The van der Waals surface area contributed by atoms with E-state index in [1.165, 1.54) is 0 Å². The van der Waals surface area contributed by atoms with Gasteiger partial charge in [-0.25, -0.2) is 4.98 Å². The lowest BCUT2D eigenvalue weighted by Gasteiger charge is -2.15. The van der Waals surface area contributed by atoms with Crippen LogP contribution < -0.4 is 15.4 Å². The van der Waals surface area contributed by atoms with Gasteiger partial charge in [0.1, 0.15) is 17.1 Å². The summed E-state index contributed by atoms with van der Waals surface area (Å²) in [6.07, 6.45) is -0.714. The van der Waals surface area contributed by atoms with E-state index in [1.807, 2.05) is 12.1 Å². The first-order chi connectivity index (χ1) is 15.7. The molecule has 0 spiro atoms. The van der Waals surface area contributed by atoms with E-state index in [0.29, 0.717) is 29.6 Å². The van der Waals surface area contributed by atoms with E-state index in [9.17, 15) is 13.2 Å². The lowest BCUT2D eigenvalue weighted by atomic mass is 10.1. The van der Waals surface area contributed by atoms with Crippen LogP contribution >= 0.6 is 0 Å². The Hall–Kier alpha value is -3.29. The van der Waals surface area contributed by atoms with Crippen molar-refractivity contribution >= 4 is 23.1 Å². The van der Waals surface area contributed by atoms with E-state index in [1.54, 1.807) is 36.4 Å². The Bertz CT molecular complexity index is 1020. The van der Waals surface area contributed by atoms with Crippen molar-refractivity contribution in [2.75, 3.05) is 17.2 Å². The van der Waals surface area contributed by atoms with Crippen molar-refractivity contribution < 1.29 is 17.9 Å². The van der Waals surface area contributed by atoms with Crippen LogP contribution in [0.1, 0.15) is 44.7 Å². The first-order valence-corrected chi connectivity index (χ1v) is 11.0. The van der Waals surface area contributed by atoms with Gasteiger partial charge in [0.25, 0.3) is 0 Å². The number of ether oxygens (including phenoxy) is 1. The van der Waals surface area contributed by atoms with Gasteiger partial charge >= 0.3 is 6.18 Å². The maximum Gasteiger partial charge on any atom is 0.421 e. The van der Waals surface area contributed by atoms with Crippen LogP contribution in [0.3, 0.4) is 0 Å². The topological polar surface area (TPSA) is 59.1 Å². The predicted octanol–water partition coefficient (Wildman–Crippen LogP) is 7.36. The van der Waals surface area contributed by atoms with Crippen LogP contribution in [0.4, 0.5) is 36.3 Å². The summed E-state index contributed by atoms with van der Waals surface area (Å²) in [6, 6.07) is 14.4. The number of alkyl halides is 3. The Kier molecular flexibility index (Phi) is 8.14. The Labute approximate surface area is 192 Å². The number of rotatable bonds is 10. The monoisotopic (exact) mass is 458 g/mol. The van der Waals surface area contributed by atoms with Crippen molar-refractivity contribution in [1.29, 1.82) is 0 Å². The summed E-state index contributed by atoms with van der Waals surface area (Å²) in [5, 5.41) is 5.74. The van der Waals surface area contributed by atoms with Gasteiger partial charge in [0.15, 0.2) is 0 Å². The molecule has 3 rings (SSSR count). The first kappa shape index (κ1) is 24.4. The fraction of sp³-hybridized carbons (Fsp3) is 0.360. The molecule has 176 valence electrons. The van der Waals surface area contributed by atoms with E-state index in [2.05, 4.69) is 41.4 Å². The van der Waals surface area contributed by atoms with Crippen molar-refractivity contribution in [2.45, 2.75) is 46.2 Å². The van der Waals surface area contributed by atoms with Gasteiger partial charge in [-0.15, -0.1) is 0 Å². The number of aryl methyl sites for hydroxylation is 1. The number of unbranched alkanes of at least 4 members (excludes halogenated alkanes) is 1. The molecular formula is C25H29F3N4O. The quantitative estimate of drug-likeness (QED) is 0.332. The van der Waals surface area contributed by atoms with Crippen LogP contribution in [-0.2, 0) is 12.6 Å². The van der Waals surface area contributed by atoms with Crippen molar-refractivity contribution in [3.63, 3.8) is 0 Å². The van der Waals surface area contributed by atoms with Gasteiger partial charge in [0.2, 0.25) is 5.95 Å². The molecule has 0 fully saturated rings. The van der Waals surface area contributed by atoms with Gasteiger partial charge < -0.3 is 15.4 Å². The van der Waals surface area contributed by atoms with Gasteiger partial charge in [-0.3, -0.25) is 0 Å². The van der Waals surface area contributed by atoms with E-state index in [0.717, 1.165) is 31.0 Å². The molecule has 2 aromatic carbocycles. The lowest BCUT2D eigenvalue weighted by molar-refractivity contribution is -0.137. The maximum atomic E-state index is 13.5. The minimum Gasteiger partial charge on any atom is -0.493 e. The smallest absolute Gasteiger partial charge is 0.421 e. The number of hydrogen-bond donors (Lipinski definition) is 2. The third-order valence-corrected chi connectivity index (χ3v) is 4.82. The molecule has 0 atom stereocenters. The highest BCUT2D eigenvalue weighted by molar-refractivity contribution is 5.63. The molecule has 8 heteroatoms. The standard InChI is InChI=1S/C25H29F3N4O/c1-4-5-6-18-7-9-19(10-8-18)30-23-22(25(26,27)28)15-29-24(32-23)31-20-11-13-21(14-12-20)33-16-17(2)3/h7-15,17H,4-6,16H2,1-3H3,(H2,29,30,31,32). The molecule has 0 amide bonds. The second-order valence-corrected chi connectivity index (χ2v) is 8.23. The molecule has 0 aliphatic carbocycles. The Morgan fingerprint density at radius 2 is 1.58 bits per heavy atom. The van der Waals surface area contributed by atoms with Crippen molar-refractivity contribution in [2.24, 2.45) is 5.92 Å². The van der Waals surface area contributed by atoms with Crippen LogP contribution in [0, 0.1) is 5.92 Å². The lowest BCUT2D eigenvalue weighted by Crippen LogP contribution is -2.12. The summed E-state index contributed by atoms with van der Waals surface area (Å²) < 4.78 is 46.2.